The minimum absolute atomic E-state index is 0.321. The molecular formula is C25H26F3N5O2. The van der Waals surface area contributed by atoms with Gasteiger partial charge in [0, 0.05) is 42.5 Å². The fourth-order valence-electron chi connectivity index (χ4n) is 3.97. The molecule has 1 saturated heterocycles. The number of piperidine rings is 1. The zero-order valence-electron chi connectivity index (χ0n) is 19.4. The van der Waals surface area contributed by atoms with Crippen molar-refractivity contribution in [1.82, 2.24) is 14.9 Å². The van der Waals surface area contributed by atoms with Crippen molar-refractivity contribution >= 4 is 34.5 Å². The molecule has 0 spiro atoms. The number of hydrogen-bond acceptors (Lipinski definition) is 6. The zero-order chi connectivity index (χ0) is 25.0. The van der Waals surface area contributed by atoms with Crippen molar-refractivity contribution in [3.63, 3.8) is 0 Å². The first-order valence-electron chi connectivity index (χ1n) is 11.2. The number of halogens is 3. The normalized spacial score (nSPS) is 15.2. The molecule has 10 heteroatoms. The molecule has 1 aliphatic rings. The molecule has 3 aromatic rings. The molecule has 0 unspecified atom stereocenters. The first-order valence-corrected chi connectivity index (χ1v) is 11.2. The average Bonchev–Trinajstić information content (AvgIpc) is 2.82. The summed E-state index contributed by atoms with van der Waals surface area (Å²) in [7, 11) is 4.21. The predicted molar refractivity (Wildman–Crippen MR) is 129 cm³/mol. The maximum absolute atomic E-state index is 12.3. The zero-order valence-corrected chi connectivity index (χ0v) is 19.4. The maximum Gasteiger partial charge on any atom is 0.573 e. The highest BCUT2D eigenvalue weighted by Gasteiger charge is 2.30. The molecule has 0 radical (unpaired) electrons. The first-order chi connectivity index (χ1) is 16.7. The van der Waals surface area contributed by atoms with Crippen LogP contribution < -0.4 is 15.0 Å². The Balaban J connectivity index is 1.36. The van der Waals surface area contributed by atoms with E-state index < -0.39 is 6.36 Å². The standard InChI is InChI=1S/C25H26F3N5O2/c1-32(2)20-11-13-33(14-12-20)24-29-16-18-15-19(6-9-22(18)31-24)30-23(34)10-5-17-3-7-21(8-4-17)35-25(26,27)28/h3-10,15-16,20H,11-14H2,1-2H3,(H,30,34)/b10-5+. The summed E-state index contributed by atoms with van der Waals surface area (Å²) in [6.07, 6.45) is 1.96. The van der Waals surface area contributed by atoms with Gasteiger partial charge in [-0.15, -0.1) is 13.2 Å². The van der Waals surface area contributed by atoms with Gasteiger partial charge in [0.15, 0.2) is 0 Å². The third-order valence-electron chi connectivity index (χ3n) is 5.85. The Hall–Kier alpha value is -3.66. The molecule has 1 aliphatic heterocycles. The number of nitrogens with one attached hydrogen (secondary N) is 1. The molecule has 0 aliphatic carbocycles. The van der Waals surface area contributed by atoms with Crippen LogP contribution in [0.1, 0.15) is 18.4 Å². The van der Waals surface area contributed by atoms with Crippen molar-refractivity contribution in [1.29, 1.82) is 0 Å². The lowest BCUT2D eigenvalue weighted by atomic mass is 10.0. The summed E-state index contributed by atoms with van der Waals surface area (Å²) in [4.78, 5) is 26.0. The molecule has 1 aromatic heterocycles. The van der Waals surface area contributed by atoms with E-state index in [1.54, 1.807) is 18.3 Å². The van der Waals surface area contributed by atoms with Gasteiger partial charge in [0.05, 0.1) is 5.52 Å². The smallest absolute Gasteiger partial charge is 0.406 e. The van der Waals surface area contributed by atoms with Gasteiger partial charge in [0.25, 0.3) is 0 Å². The highest BCUT2D eigenvalue weighted by molar-refractivity contribution is 6.02. The lowest BCUT2D eigenvalue weighted by Gasteiger charge is -2.35. The van der Waals surface area contributed by atoms with Gasteiger partial charge < -0.3 is 19.9 Å². The van der Waals surface area contributed by atoms with Crippen molar-refractivity contribution in [2.45, 2.75) is 25.2 Å². The number of rotatable bonds is 6. The molecule has 0 saturated carbocycles. The predicted octanol–water partition coefficient (Wildman–Crippen LogP) is 4.71. The Labute approximate surface area is 201 Å². The molecule has 184 valence electrons. The number of hydrogen-bond donors (Lipinski definition) is 1. The van der Waals surface area contributed by atoms with Crippen LogP contribution in [0, 0.1) is 0 Å². The van der Waals surface area contributed by atoms with Crippen LogP contribution in [0.3, 0.4) is 0 Å². The largest absolute Gasteiger partial charge is 0.573 e. The van der Waals surface area contributed by atoms with Gasteiger partial charge in [-0.1, -0.05) is 12.1 Å². The molecule has 7 nitrogen and oxygen atoms in total. The van der Waals surface area contributed by atoms with Crippen LogP contribution in [0.5, 0.6) is 5.75 Å². The second kappa shape index (κ2) is 10.3. The third-order valence-corrected chi connectivity index (χ3v) is 5.85. The van der Waals surface area contributed by atoms with Gasteiger partial charge in [0.2, 0.25) is 11.9 Å². The molecule has 0 atom stereocenters. The Morgan fingerprint density at radius 2 is 1.86 bits per heavy atom. The van der Waals surface area contributed by atoms with Crippen LogP contribution in [0.2, 0.25) is 0 Å². The van der Waals surface area contributed by atoms with E-state index in [1.165, 1.54) is 36.4 Å². The van der Waals surface area contributed by atoms with Gasteiger partial charge in [-0.2, -0.15) is 0 Å². The summed E-state index contributed by atoms with van der Waals surface area (Å²) in [6, 6.07) is 11.2. The van der Waals surface area contributed by atoms with Crippen molar-refractivity contribution in [2.24, 2.45) is 0 Å². The number of ether oxygens (including phenoxy) is 1. The van der Waals surface area contributed by atoms with Crippen LogP contribution in [0.4, 0.5) is 24.8 Å². The van der Waals surface area contributed by atoms with Crippen molar-refractivity contribution in [3.8, 4) is 5.75 Å². The molecule has 2 heterocycles. The summed E-state index contributed by atoms with van der Waals surface area (Å²) in [5, 5.41) is 3.57. The number of amides is 1. The highest BCUT2D eigenvalue weighted by Crippen LogP contribution is 2.24. The Kier molecular flexibility index (Phi) is 7.20. The van der Waals surface area contributed by atoms with Crippen LogP contribution in [-0.4, -0.2) is 60.4 Å². The van der Waals surface area contributed by atoms with Crippen molar-refractivity contribution < 1.29 is 22.7 Å². The third kappa shape index (κ3) is 6.69. The number of fused-ring (bicyclic) bond motifs is 1. The highest BCUT2D eigenvalue weighted by atomic mass is 19.4. The molecule has 35 heavy (non-hydrogen) atoms. The minimum Gasteiger partial charge on any atom is -0.406 e. The van der Waals surface area contributed by atoms with Crippen molar-refractivity contribution in [2.75, 3.05) is 37.4 Å². The Morgan fingerprint density at radius 1 is 1.14 bits per heavy atom. The Morgan fingerprint density at radius 3 is 2.51 bits per heavy atom. The summed E-state index contributed by atoms with van der Waals surface area (Å²) in [6.45, 7) is 1.82. The van der Waals surface area contributed by atoms with Crippen LogP contribution in [-0.2, 0) is 4.79 Å². The van der Waals surface area contributed by atoms with E-state index in [0.29, 0.717) is 23.2 Å². The fraction of sp³-hybridized carbons (Fsp3) is 0.320. The van der Waals surface area contributed by atoms with Gasteiger partial charge in [0.1, 0.15) is 5.75 Å². The van der Waals surface area contributed by atoms with Gasteiger partial charge in [-0.3, -0.25) is 4.79 Å². The van der Waals surface area contributed by atoms with E-state index in [1.807, 2.05) is 6.07 Å². The van der Waals surface area contributed by atoms with E-state index >= 15 is 0 Å². The minimum atomic E-state index is -4.74. The number of alkyl halides is 3. The number of anilines is 2. The van der Waals surface area contributed by atoms with Crippen LogP contribution >= 0.6 is 0 Å². The molecule has 1 fully saturated rings. The first kappa shape index (κ1) is 24.5. The molecule has 0 bridgehead atoms. The monoisotopic (exact) mass is 485 g/mol. The van der Waals surface area contributed by atoms with Gasteiger partial charge >= 0.3 is 6.36 Å². The van der Waals surface area contributed by atoms with E-state index in [2.05, 4.69) is 43.9 Å². The second-order valence-electron chi connectivity index (χ2n) is 8.56. The summed E-state index contributed by atoms with van der Waals surface area (Å²) in [5.41, 5.74) is 1.94. The molecular weight excluding hydrogens is 459 g/mol. The molecule has 1 N–H and O–H groups in total. The van der Waals surface area contributed by atoms with Crippen LogP contribution in [0.25, 0.3) is 17.0 Å². The average molecular weight is 486 g/mol. The maximum atomic E-state index is 12.3. The number of nitrogens with zero attached hydrogens (tertiary/aromatic N) is 4. The topological polar surface area (TPSA) is 70.6 Å². The van der Waals surface area contributed by atoms with E-state index in [4.69, 9.17) is 0 Å². The quantitative estimate of drug-likeness (QED) is 0.510. The Bertz CT molecular complexity index is 1200. The summed E-state index contributed by atoms with van der Waals surface area (Å²) in [5.74, 6) is 0.0148. The summed E-state index contributed by atoms with van der Waals surface area (Å²) < 4.78 is 40.6. The van der Waals surface area contributed by atoms with E-state index in [-0.39, 0.29) is 11.7 Å². The molecule has 4 rings (SSSR count). The summed E-state index contributed by atoms with van der Waals surface area (Å²) >= 11 is 0. The number of carbonyl (C=O) groups excluding carboxylic acids is 1. The van der Waals surface area contributed by atoms with Crippen LogP contribution in [0.15, 0.2) is 54.7 Å². The number of carbonyl (C=O) groups is 1. The molecule has 1 amide bonds. The lowest BCUT2D eigenvalue weighted by Crippen LogP contribution is -2.42. The van der Waals surface area contributed by atoms with Gasteiger partial charge in [-0.05, 0) is 68.9 Å². The SMILES string of the molecule is CN(C)C1CCN(c2ncc3cc(NC(=O)/C=C/c4ccc(OC(F)(F)F)cc4)ccc3n2)CC1. The van der Waals surface area contributed by atoms with E-state index in [9.17, 15) is 18.0 Å². The fourth-order valence-corrected chi connectivity index (χ4v) is 3.97. The second-order valence-corrected chi connectivity index (χ2v) is 8.56. The molecule has 2 aromatic carbocycles. The number of aromatic nitrogens is 2. The van der Waals surface area contributed by atoms with E-state index in [0.717, 1.165) is 36.8 Å². The van der Waals surface area contributed by atoms with Gasteiger partial charge in [-0.25, -0.2) is 9.97 Å². The number of benzene rings is 2. The lowest BCUT2D eigenvalue weighted by molar-refractivity contribution is -0.274. The van der Waals surface area contributed by atoms with Crippen molar-refractivity contribution in [3.05, 3.63) is 60.3 Å².